The molecule has 1 heterocycles. The summed E-state index contributed by atoms with van der Waals surface area (Å²) in [7, 11) is 1.74. The molecule has 148 valence electrons. The van der Waals surface area contributed by atoms with E-state index in [1.54, 1.807) is 18.9 Å². The molecule has 0 amide bonds. The molecule has 1 aliphatic carbocycles. The third-order valence-electron chi connectivity index (χ3n) is 5.19. The predicted octanol–water partition coefficient (Wildman–Crippen LogP) is 4.73. The fraction of sp³-hybridized carbons (Fsp3) is 0.619. The standard InChI is InChI=1S/C21H31N3O2S/c1-4-24-19(18-10-7-9-17(2)15-18)22-23-20(24)27-16-21(11-5-6-12-21)26-14-8-13-25-3/h7,9-10,15H,4-6,8,11-14,16H2,1-3H3. The number of rotatable bonds is 10. The van der Waals surface area contributed by atoms with Crippen molar-refractivity contribution in [2.24, 2.45) is 0 Å². The van der Waals surface area contributed by atoms with Gasteiger partial charge in [0.15, 0.2) is 11.0 Å². The smallest absolute Gasteiger partial charge is 0.191 e. The summed E-state index contributed by atoms with van der Waals surface area (Å²) in [4.78, 5) is 0. The van der Waals surface area contributed by atoms with E-state index in [0.717, 1.165) is 61.3 Å². The molecule has 0 unspecified atom stereocenters. The Balaban J connectivity index is 1.69. The maximum Gasteiger partial charge on any atom is 0.191 e. The van der Waals surface area contributed by atoms with Crippen LogP contribution in [-0.4, -0.2) is 46.4 Å². The van der Waals surface area contributed by atoms with Crippen molar-refractivity contribution in [3.8, 4) is 11.4 Å². The number of hydrogen-bond donors (Lipinski definition) is 0. The molecule has 0 radical (unpaired) electrons. The zero-order valence-electron chi connectivity index (χ0n) is 16.7. The average Bonchev–Trinajstić information content (AvgIpc) is 3.31. The van der Waals surface area contributed by atoms with E-state index in [2.05, 4.69) is 52.9 Å². The summed E-state index contributed by atoms with van der Waals surface area (Å²) in [6.07, 6.45) is 5.72. The van der Waals surface area contributed by atoms with E-state index in [1.165, 1.54) is 18.4 Å². The molecule has 0 bridgehead atoms. The minimum absolute atomic E-state index is 0.0214. The SMILES string of the molecule is CCn1c(SCC2(OCCCOC)CCCC2)nnc1-c1cccc(C)c1. The molecule has 0 N–H and O–H groups in total. The molecule has 2 aromatic rings. The van der Waals surface area contributed by atoms with Crippen LogP contribution < -0.4 is 0 Å². The average molecular weight is 390 g/mol. The van der Waals surface area contributed by atoms with Crippen molar-refractivity contribution in [1.29, 1.82) is 0 Å². The van der Waals surface area contributed by atoms with Crippen molar-refractivity contribution in [3.05, 3.63) is 29.8 Å². The lowest BCUT2D eigenvalue weighted by Crippen LogP contribution is -2.33. The Morgan fingerprint density at radius 3 is 2.70 bits per heavy atom. The zero-order chi connectivity index (χ0) is 19.1. The van der Waals surface area contributed by atoms with Gasteiger partial charge in [-0.15, -0.1) is 10.2 Å². The summed E-state index contributed by atoms with van der Waals surface area (Å²) in [5, 5.41) is 9.97. The van der Waals surface area contributed by atoms with E-state index in [9.17, 15) is 0 Å². The fourth-order valence-electron chi connectivity index (χ4n) is 3.72. The topological polar surface area (TPSA) is 49.2 Å². The van der Waals surface area contributed by atoms with Gasteiger partial charge >= 0.3 is 0 Å². The van der Waals surface area contributed by atoms with Gasteiger partial charge in [0, 0.05) is 38.2 Å². The van der Waals surface area contributed by atoms with E-state index in [1.807, 2.05) is 0 Å². The Hall–Kier alpha value is -1.37. The van der Waals surface area contributed by atoms with E-state index >= 15 is 0 Å². The van der Waals surface area contributed by atoms with Crippen molar-refractivity contribution in [1.82, 2.24) is 14.8 Å². The second-order valence-electron chi connectivity index (χ2n) is 7.29. The van der Waals surface area contributed by atoms with Gasteiger partial charge in [0.2, 0.25) is 0 Å². The van der Waals surface area contributed by atoms with Crippen LogP contribution in [0.3, 0.4) is 0 Å². The Morgan fingerprint density at radius 2 is 2.00 bits per heavy atom. The molecule has 0 atom stereocenters. The number of ether oxygens (including phenoxy) is 2. The van der Waals surface area contributed by atoms with Crippen LogP contribution in [0.4, 0.5) is 0 Å². The van der Waals surface area contributed by atoms with E-state index < -0.39 is 0 Å². The Kier molecular flexibility index (Phi) is 7.33. The highest BCUT2D eigenvalue weighted by Crippen LogP contribution is 2.38. The molecular weight excluding hydrogens is 358 g/mol. The number of thioether (sulfide) groups is 1. The van der Waals surface area contributed by atoms with Gasteiger partial charge in [-0.3, -0.25) is 0 Å². The molecule has 1 aliphatic rings. The first kappa shape index (κ1) is 20.4. The zero-order valence-corrected chi connectivity index (χ0v) is 17.6. The van der Waals surface area contributed by atoms with Gasteiger partial charge in [0.25, 0.3) is 0 Å². The lowest BCUT2D eigenvalue weighted by Gasteiger charge is -2.29. The monoisotopic (exact) mass is 389 g/mol. The lowest BCUT2D eigenvalue weighted by molar-refractivity contribution is -0.0291. The lowest BCUT2D eigenvalue weighted by atomic mass is 10.1. The maximum atomic E-state index is 6.34. The summed E-state index contributed by atoms with van der Waals surface area (Å²) in [6.45, 7) is 6.65. The van der Waals surface area contributed by atoms with Gasteiger partial charge in [-0.05, 0) is 39.2 Å². The number of methoxy groups -OCH3 is 1. The van der Waals surface area contributed by atoms with Crippen molar-refractivity contribution in [2.75, 3.05) is 26.1 Å². The highest BCUT2D eigenvalue weighted by molar-refractivity contribution is 7.99. The Bertz CT molecular complexity index is 726. The molecule has 0 aliphatic heterocycles. The number of benzene rings is 1. The number of hydrogen-bond acceptors (Lipinski definition) is 5. The van der Waals surface area contributed by atoms with Gasteiger partial charge in [0.05, 0.1) is 5.60 Å². The van der Waals surface area contributed by atoms with Gasteiger partial charge in [0.1, 0.15) is 0 Å². The molecule has 6 heteroatoms. The van der Waals surface area contributed by atoms with Crippen LogP contribution in [0.2, 0.25) is 0 Å². The van der Waals surface area contributed by atoms with Crippen LogP contribution in [0.25, 0.3) is 11.4 Å². The predicted molar refractivity (Wildman–Crippen MR) is 110 cm³/mol. The third kappa shape index (κ3) is 5.12. The summed E-state index contributed by atoms with van der Waals surface area (Å²) < 4.78 is 13.7. The van der Waals surface area contributed by atoms with Crippen molar-refractivity contribution in [3.63, 3.8) is 0 Å². The molecule has 1 saturated carbocycles. The first-order valence-electron chi connectivity index (χ1n) is 9.93. The summed E-state index contributed by atoms with van der Waals surface area (Å²) in [5.74, 6) is 1.89. The Morgan fingerprint density at radius 1 is 1.19 bits per heavy atom. The number of aromatic nitrogens is 3. The fourth-order valence-corrected chi connectivity index (χ4v) is 4.95. The van der Waals surface area contributed by atoms with E-state index in [4.69, 9.17) is 9.47 Å². The van der Waals surface area contributed by atoms with Crippen molar-refractivity contribution < 1.29 is 9.47 Å². The van der Waals surface area contributed by atoms with Gasteiger partial charge < -0.3 is 14.0 Å². The first-order valence-corrected chi connectivity index (χ1v) is 10.9. The molecule has 3 rings (SSSR count). The van der Waals surface area contributed by atoms with E-state index in [-0.39, 0.29) is 5.60 Å². The second-order valence-corrected chi connectivity index (χ2v) is 8.24. The highest BCUT2D eigenvalue weighted by Gasteiger charge is 2.35. The first-order chi connectivity index (χ1) is 13.2. The van der Waals surface area contributed by atoms with Crippen molar-refractivity contribution in [2.45, 2.75) is 63.3 Å². The quantitative estimate of drug-likeness (QED) is 0.434. The minimum Gasteiger partial charge on any atom is -0.385 e. The summed E-state index contributed by atoms with van der Waals surface area (Å²) in [5.41, 5.74) is 2.34. The van der Waals surface area contributed by atoms with Crippen LogP contribution in [-0.2, 0) is 16.0 Å². The molecule has 0 spiro atoms. The largest absolute Gasteiger partial charge is 0.385 e. The van der Waals surface area contributed by atoms with Gasteiger partial charge in [-0.1, -0.05) is 48.4 Å². The third-order valence-corrected chi connectivity index (χ3v) is 6.42. The summed E-state index contributed by atoms with van der Waals surface area (Å²) >= 11 is 1.78. The van der Waals surface area contributed by atoms with Crippen LogP contribution >= 0.6 is 11.8 Å². The highest BCUT2D eigenvalue weighted by atomic mass is 32.2. The van der Waals surface area contributed by atoms with Crippen LogP contribution in [0.15, 0.2) is 29.4 Å². The molecule has 1 fully saturated rings. The second kappa shape index (κ2) is 9.71. The molecule has 1 aromatic heterocycles. The molecule has 5 nitrogen and oxygen atoms in total. The maximum absolute atomic E-state index is 6.34. The van der Waals surface area contributed by atoms with Crippen LogP contribution in [0, 0.1) is 6.92 Å². The number of nitrogens with zero attached hydrogens (tertiary/aromatic N) is 3. The van der Waals surface area contributed by atoms with E-state index in [0.29, 0.717) is 0 Å². The molecular formula is C21H31N3O2S. The van der Waals surface area contributed by atoms with Crippen LogP contribution in [0.1, 0.15) is 44.6 Å². The summed E-state index contributed by atoms with van der Waals surface area (Å²) in [6, 6.07) is 8.46. The van der Waals surface area contributed by atoms with Gasteiger partial charge in [-0.2, -0.15) is 0 Å². The molecule has 0 saturated heterocycles. The Labute approximate surface area is 166 Å². The molecule has 1 aromatic carbocycles. The minimum atomic E-state index is -0.0214. The normalized spacial score (nSPS) is 16.1. The van der Waals surface area contributed by atoms with Crippen molar-refractivity contribution >= 4 is 11.8 Å². The van der Waals surface area contributed by atoms with Gasteiger partial charge in [-0.25, -0.2) is 0 Å². The van der Waals surface area contributed by atoms with Crippen LogP contribution in [0.5, 0.6) is 0 Å². The number of aryl methyl sites for hydroxylation is 1. The molecule has 27 heavy (non-hydrogen) atoms.